The molecule has 0 unspecified atom stereocenters. The van der Waals surface area contributed by atoms with Gasteiger partial charge >= 0.3 is 11.9 Å². The minimum atomic E-state index is -0.791. The largest absolute Gasteiger partial charge is 0.462 e. The number of rotatable bonds is 6. The fourth-order valence-electron chi connectivity index (χ4n) is 4.14. The molecule has 2 heterocycles. The summed E-state index contributed by atoms with van der Waals surface area (Å²) in [5.74, 6) is -2.04. The summed E-state index contributed by atoms with van der Waals surface area (Å²) in [7, 11) is 0. The number of amides is 1. The molecule has 0 radical (unpaired) electrons. The van der Waals surface area contributed by atoms with E-state index in [1.807, 2.05) is 0 Å². The molecule has 1 amide bonds. The van der Waals surface area contributed by atoms with Crippen molar-refractivity contribution < 1.29 is 28.3 Å². The van der Waals surface area contributed by atoms with Crippen molar-refractivity contribution in [2.24, 2.45) is 0 Å². The van der Waals surface area contributed by atoms with Crippen LogP contribution < -0.4 is 5.32 Å². The van der Waals surface area contributed by atoms with E-state index in [1.54, 1.807) is 32.0 Å². The van der Waals surface area contributed by atoms with Gasteiger partial charge in [-0.1, -0.05) is 11.6 Å². The standard InChI is InChI=1S/C24H23ClN2O6/c1-4-31-23(29)18-12(3)33-22(20(18)24(30)32-5-2)27-21(28)19-14-7-6-8-16(14)26-17-10-9-13(25)11-15(17)19/h9-11H,4-8H2,1-3H3,(H,27,28). The summed E-state index contributed by atoms with van der Waals surface area (Å²) in [6.45, 7) is 5.01. The number of hydrogen-bond acceptors (Lipinski definition) is 7. The smallest absolute Gasteiger partial charge is 0.344 e. The first kappa shape index (κ1) is 22.8. The zero-order valence-electron chi connectivity index (χ0n) is 18.5. The van der Waals surface area contributed by atoms with Crippen LogP contribution >= 0.6 is 11.6 Å². The number of esters is 2. The van der Waals surface area contributed by atoms with Crippen LogP contribution in [0.15, 0.2) is 22.6 Å². The fourth-order valence-corrected chi connectivity index (χ4v) is 4.31. The first-order valence-electron chi connectivity index (χ1n) is 10.8. The van der Waals surface area contributed by atoms with Crippen molar-refractivity contribution in [3.05, 3.63) is 56.9 Å². The van der Waals surface area contributed by atoms with Crippen LogP contribution in [0.1, 0.15) is 68.4 Å². The van der Waals surface area contributed by atoms with Crippen molar-refractivity contribution in [1.29, 1.82) is 0 Å². The number of fused-ring (bicyclic) bond motifs is 2. The second-order valence-corrected chi connectivity index (χ2v) is 8.00. The number of carbonyl (C=O) groups excluding carboxylic acids is 3. The Balaban J connectivity index is 1.82. The van der Waals surface area contributed by atoms with Crippen molar-refractivity contribution in [3.63, 3.8) is 0 Å². The van der Waals surface area contributed by atoms with Gasteiger partial charge in [0.1, 0.15) is 16.9 Å². The Morgan fingerprint density at radius 1 is 1.06 bits per heavy atom. The SMILES string of the molecule is CCOC(=O)c1c(C)oc(NC(=O)c2c3c(nc4ccc(Cl)cc24)CCC3)c1C(=O)OCC. The summed E-state index contributed by atoms with van der Waals surface area (Å²) in [5, 5.41) is 3.76. The quantitative estimate of drug-likeness (QED) is 0.511. The Morgan fingerprint density at radius 2 is 1.76 bits per heavy atom. The Bertz CT molecular complexity index is 1280. The predicted octanol–water partition coefficient (Wildman–Crippen LogP) is 4.88. The Hall–Kier alpha value is -3.39. The maximum atomic E-state index is 13.5. The summed E-state index contributed by atoms with van der Waals surface area (Å²) >= 11 is 6.21. The summed E-state index contributed by atoms with van der Waals surface area (Å²) in [4.78, 5) is 43.4. The Labute approximate surface area is 195 Å². The highest BCUT2D eigenvalue weighted by atomic mass is 35.5. The number of furan rings is 1. The molecule has 172 valence electrons. The van der Waals surface area contributed by atoms with Gasteiger partial charge in [0.15, 0.2) is 0 Å². The second kappa shape index (κ2) is 9.23. The summed E-state index contributed by atoms with van der Waals surface area (Å²) < 4.78 is 15.8. The van der Waals surface area contributed by atoms with Gasteiger partial charge in [-0.15, -0.1) is 0 Å². The molecule has 0 atom stereocenters. The maximum absolute atomic E-state index is 13.5. The third kappa shape index (κ3) is 4.18. The predicted molar refractivity (Wildman–Crippen MR) is 122 cm³/mol. The summed E-state index contributed by atoms with van der Waals surface area (Å²) in [5.41, 5.74) is 2.54. The molecule has 0 aliphatic heterocycles. The van der Waals surface area contributed by atoms with E-state index in [-0.39, 0.29) is 36.0 Å². The molecule has 0 saturated carbocycles. The zero-order valence-corrected chi connectivity index (χ0v) is 19.3. The van der Waals surface area contributed by atoms with Gasteiger partial charge in [-0.25, -0.2) is 9.59 Å². The first-order valence-corrected chi connectivity index (χ1v) is 11.1. The number of anilines is 1. The van der Waals surface area contributed by atoms with Gasteiger partial charge in [0.05, 0.1) is 24.3 Å². The van der Waals surface area contributed by atoms with E-state index in [4.69, 9.17) is 25.5 Å². The van der Waals surface area contributed by atoms with Crippen LogP contribution in [-0.4, -0.2) is 36.0 Å². The second-order valence-electron chi connectivity index (χ2n) is 7.56. The highest BCUT2D eigenvalue weighted by Gasteiger charge is 2.32. The number of halogens is 1. The van der Waals surface area contributed by atoms with Crippen LogP contribution in [0.2, 0.25) is 5.02 Å². The van der Waals surface area contributed by atoms with Crippen LogP contribution in [-0.2, 0) is 22.3 Å². The van der Waals surface area contributed by atoms with E-state index in [2.05, 4.69) is 10.3 Å². The van der Waals surface area contributed by atoms with Gasteiger partial charge in [0.2, 0.25) is 5.88 Å². The molecule has 0 saturated heterocycles. The lowest BCUT2D eigenvalue weighted by molar-refractivity contribution is 0.0480. The number of aryl methyl sites for hydroxylation is 2. The molecule has 33 heavy (non-hydrogen) atoms. The summed E-state index contributed by atoms with van der Waals surface area (Å²) in [6, 6.07) is 5.19. The van der Waals surface area contributed by atoms with Crippen LogP contribution in [0.4, 0.5) is 5.88 Å². The molecule has 0 bridgehead atoms. The number of nitrogens with one attached hydrogen (secondary N) is 1. The molecule has 2 aromatic heterocycles. The third-order valence-corrected chi connectivity index (χ3v) is 5.71. The van der Waals surface area contributed by atoms with Gasteiger partial charge < -0.3 is 13.9 Å². The highest BCUT2D eigenvalue weighted by molar-refractivity contribution is 6.31. The molecule has 1 N–H and O–H groups in total. The lowest BCUT2D eigenvalue weighted by atomic mass is 10.0. The molecular weight excluding hydrogens is 448 g/mol. The number of nitrogens with zero attached hydrogens (tertiary/aromatic N) is 1. The molecule has 9 heteroatoms. The average molecular weight is 471 g/mol. The van der Waals surface area contributed by atoms with Gasteiger partial charge in [-0.05, 0) is 63.8 Å². The molecule has 1 aromatic carbocycles. The van der Waals surface area contributed by atoms with E-state index in [0.29, 0.717) is 27.9 Å². The maximum Gasteiger partial charge on any atom is 0.344 e. The van der Waals surface area contributed by atoms with Crippen molar-refractivity contribution >= 4 is 46.2 Å². The average Bonchev–Trinajstić information content (AvgIpc) is 3.35. The lowest BCUT2D eigenvalue weighted by Gasteiger charge is -2.13. The number of aromatic nitrogens is 1. The molecule has 8 nitrogen and oxygen atoms in total. The number of carbonyl (C=O) groups is 3. The van der Waals surface area contributed by atoms with Crippen molar-refractivity contribution in [3.8, 4) is 0 Å². The molecule has 1 aliphatic rings. The third-order valence-electron chi connectivity index (χ3n) is 5.47. The molecule has 0 spiro atoms. The minimum absolute atomic E-state index is 0.0709. The lowest BCUT2D eigenvalue weighted by Crippen LogP contribution is -2.19. The van der Waals surface area contributed by atoms with E-state index in [9.17, 15) is 14.4 Å². The number of hydrogen-bond donors (Lipinski definition) is 1. The van der Waals surface area contributed by atoms with Crippen LogP contribution in [0, 0.1) is 6.92 Å². The van der Waals surface area contributed by atoms with Crippen molar-refractivity contribution in [2.45, 2.75) is 40.0 Å². The van der Waals surface area contributed by atoms with Gasteiger partial charge in [0.25, 0.3) is 5.91 Å². The highest BCUT2D eigenvalue weighted by Crippen LogP contribution is 2.34. The number of ether oxygens (including phenoxy) is 2. The van der Waals surface area contributed by atoms with E-state index in [1.165, 1.54) is 6.92 Å². The van der Waals surface area contributed by atoms with Crippen LogP contribution in [0.25, 0.3) is 10.9 Å². The normalized spacial score (nSPS) is 12.5. The van der Waals surface area contributed by atoms with Crippen LogP contribution in [0.3, 0.4) is 0 Å². The van der Waals surface area contributed by atoms with Crippen molar-refractivity contribution in [1.82, 2.24) is 4.98 Å². The first-order chi connectivity index (χ1) is 15.8. The Kier molecular flexibility index (Phi) is 6.37. The Morgan fingerprint density at radius 3 is 2.45 bits per heavy atom. The van der Waals surface area contributed by atoms with Crippen LogP contribution in [0.5, 0.6) is 0 Å². The number of pyridine rings is 1. The van der Waals surface area contributed by atoms with Gasteiger partial charge in [0, 0.05) is 16.1 Å². The summed E-state index contributed by atoms with van der Waals surface area (Å²) in [6.07, 6.45) is 2.35. The molecular formula is C24H23ClN2O6. The molecule has 0 fully saturated rings. The van der Waals surface area contributed by atoms with E-state index in [0.717, 1.165) is 24.1 Å². The molecule has 3 aromatic rings. The molecule has 4 rings (SSSR count). The molecule has 1 aliphatic carbocycles. The monoisotopic (exact) mass is 470 g/mol. The topological polar surface area (TPSA) is 108 Å². The zero-order chi connectivity index (χ0) is 23.7. The number of benzene rings is 1. The minimum Gasteiger partial charge on any atom is -0.462 e. The van der Waals surface area contributed by atoms with Crippen molar-refractivity contribution in [2.75, 3.05) is 18.5 Å². The van der Waals surface area contributed by atoms with E-state index < -0.39 is 17.8 Å². The van der Waals surface area contributed by atoms with E-state index >= 15 is 0 Å². The van der Waals surface area contributed by atoms with Gasteiger partial charge in [-0.2, -0.15) is 0 Å². The van der Waals surface area contributed by atoms with Gasteiger partial charge in [-0.3, -0.25) is 15.1 Å². The fraction of sp³-hybridized carbons (Fsp3) is 0.333.